The molecule has 0 spiro atoms. The number of halogens is 1. The largest absolute Gasteiger partial charge is 0.398 e. The molecule has 1 unspecified atom stereocenters. The zero-order valence-corrected chi connectivity index (χ0v) is 32.6. The lowest BCUT2D eigenvalue weighted by molar-refractivity contribution is -0.538. The highest BCUT2D eigenvalue weighted by Crippen LogP contribution is 2.29. The van der Waals surface area contributed by atoms with Crippen molar-refractivity contribution >= 4 is 78.5 Å². The monoisotopic (exact) mass is 746 g/mol. The highest BCUT2D eigenvalue weighted by atomic mass is 35.5. The summed E-state index contributed by atoms with van der Waals surface area (Å²) in [6, 6.07) is 37.7. The molecular weight excluding hydrogens is 700 g/mol. The van der Waals surface area contributed by atoms with Gasteiger partial charge < -0.3 is 22.1 Å². The van der Waals surface area contributed by atoms with Gasteiger partial charge in [0.2, 0.25) is 33.4 Å². The molecule has 0 saturated carbocycles. The number of nitrogens with one attached hydrogen (secondary N) is 2. The minimum Gasteiger partial charge on any atom is -0.398 e. The zero-order valence-electron chi connectivity index (χ0n) is 31.8. The molecule has 6 aromatic carbocycles. The van der Waals surface area contributed by atoms with Crippen LogP contribution in [0.1, 0.15) is 47.9 Å². The molecule has 6 N–H and O–H groups in total. The molecule has 0 saturated heterocycles. The van der Waals surface area contributed by atoms with Crippen molar-refractivity contribution in [3.8, 4) is 11.4 Å². The molecule has 8 aromatic rings. The minimum atomic E-state index is -0.211. The fourth-order valence-corrected chi connectivity index (χ4v) is 7.77. The average Bonchev–Trinajstić information content (AvgIpc) is 3.17. The molecule has 1 atom stereocenters. The van der Waals surface area contributed by atoms with E-state index in [1.54, 1.807) is 0 Å². The maximum atomic E-state index is 6.96. The van der Waals surface area contributed by atoms with Crippen LogP contribution in [0.25, 0.3) is 55.5 Å². The first-order chi connectivity index (χ1) is 26.6. The number of fused-ring (bicyclic) bond motifs is 4. The van der Waals surface area contributed by atoms with Gasteiger partial charge in [-0.3, -0.25) is 0 Å². The minimum absolute atomic E-state index is 0.211. The quantitative estimate of drug-likeness (QED) is 0.0262. The molecule has 8 nitrogen and oxygen atoms in total. The molecule has 55 heavy (non-hydrogen) atoms. The van der Waals surface area contributed by atoms with Gasteiger partial charge in [0.05, 0.1) is 0 Å². The van der Waals surface area contributed by atoms with Crippen LogP contribution in [0, 0.1) is 27.7 Å². The van der Waals surface area contributed by atoms with Crippen LogP contribution in [-0.2, 0) is 0 Å². The van der Waals surface area contributed by atoms with Crippen LogP contribution >= 0.6 is 11.6 Å². The van der Waals surface area contributed by atoms with Gasteiger partial charge >= 0.3 is 0 Å². The third-order valence-electron chi connectivity index (χ3n) is 10.6. The van der Waals surface area contributed by atoms with Gasteiger partial charge in [-0.15, -0.1) is 9.13 Å². The molecule has 9 heteroatoms. The van der Waals surface area contributed by atoms with Crippen LogP contribution < -0.4 is 31.2 Å². The van der Waals surface area contributed by atoms with Crippen LogP contribution in [0.15, 0.2) is 109 Å². The molecular formula is C46H47ClN8+2. The van der Waals surface area contributed by atoms with Crippen LogP contribution in [0.2, 0.25) is 0 Å². The molecule has 0 aliphatic carbocycles. The lowest BCUT2D eigenvalue weighted by atomic mass is 10.1. The van der Waals surface area contributed by atoms with Crippen LogP contribution in [-0.4, -0.2) is 22.0 Å². The molecule has 0 amide bonds. The standard InChI is InChI=1S/C46H45ClN8/c1-28-20-38-42(24-34(28)48)54(32-14-8-5-9-15-32)44-26-36(30(3)22-40(44)51-38)50-19-13-7-12-18-46(47)53-37-27-45-41(23-31(37)4)52-39-21-29(2)35(49)25-43(39)55(45)33-16-10-6-11-17-33/h5-6,8-11,14-17,20-27,46H,7,12-13,18-19H2,1-4H3,(H4,48,49,50,53)/p+2. The summed E-state index contributed by atoms with van der Waals surface area (Å²) in [5.41, 5.74) is 30.3. The Bertz CT molecular complexity index is 2720. The van der Waals surface area contributed by atoms with Crippen LogP contribution in [0.4, 0.5) is 22.7 Å². The van der Waals surface area contributed by atoms with Gasteiger partial charge in [-0.05, 0) is 87.1 Å². The number of aromatic nitrogens is 4. The molecule has 0 radical (unpaired) electrons. The summed E-state index contributed by atoms with van der Waals surface area (Å²) >= 11 is 6.96. The Morgan fingerprint density at radius 1 is 0.545 bits per heavy atom. The molecule has 8 rings (SSSR count). The SMILES string of the molecule is Cc1cc2nc3cc(C)c(NCCCCCC(Cl)Nc4cc5c(cc4C)nc4cc(C)c(N)cc4[n+]5-c4ccccc4)cc3[n+](-c3ccccc3)c2cc1N. The topological polar surface area (TPSA) is 110 Å². The van der Waals surface area contributed by atoms with Crippen molar-refractivity contribution in [3.05, 3.63) is 131 Å². The normalized spacial score (nSPS) is 12.2. The molecule has 0 aliphatic rings. The lowest BCUT2D eigenvalue weighted by Crippen LogP contribution is -2.33. The van der Waals surface area contributed by atoms with E-state index in [4.69, 9.17) is 33.0 Å². The lowest BCUT2D eigenvalue weighted by Gasteiger charge is -2.16. The first-order valence-electron chi connectivity index (χ1n) is 19.0. The zero-order chi connectivity index (χ0) is 38.2. The third kappa shape index (κ3) is 7.18. The maximum absolute atomic E-state index is 6.96. The van der Waals surface area contributed by atoms with Gasteiger partial charge in [-0.2, -0.15) is 0 Å². The van der Waals surface area contributed by atoms with Crippen molar-refractivity contribution in [2.24, 2.45) is 0 Å². The van der Waals surface area contributed by atoms with E-state index in [9.17, 15) is 0 Å². The Morgan fingerprint density at radius 3 is 1.49 bits per heavy atom. The number of nitrogen functional groups attached to an aromatic ring is 2. The highest BCUT2D eigenvalue weighted by Gasteiger charge is 2.24. The van der Waals surface area contributed by atoms with Crippen molar-refractivity contribution in [1.29, 1.82) is 0 Å². The maximum Gasteiger partial charge on any atom is 0.239 e. The molecule has 0 bridgehead atoms. The summed E-state index contributed by atoms with van der Waals surface area (Å²) in [5.74, 6) is 0. The number of para-hydroxylation sites is 2. The van der Waals surface area contributed by atoms with Gasteiger partial charge in [-0.25, -0.2) is 9.97 Å². The number of hydrogen-bond donors (Lipinski definition) is 4. The van der Waals surface area contributed by atoms with Gasteiger partial charge in [0, 0.05) is 77.8 Å². The number of rotatable bonds is 11. The summed E-state index contributed by atoms with van der Waals surface area (Å²) in [6.07, 6.45) is 3.93. The van der Waals surface area contributed by atoms with Crippen LogP contribution in [0.3, 0.4) is 0 Å². The Labute approximate surface area is 326 Å². The van der Waals surface area contributed by atoms with E-state index in [2.05, 4.69) is 119 Å². The first-order valence-corrected chi connectivity index (χ1v) is 19.5. The number of hydrogen-bond acceptors (Lipinski definition) is 6. The van der Waals surface area contributed by atoms with E-state index in [1.165, 1.54) is 0 Å². The number of unbranched alkanes of at least 4 members (excludes halogenated alkanes) is 2. The number of anilines is 4. The van der Waals surface area contributed by atoms with E-state index in [0.717, 1.165) is 133 Å². The van der Waals surface area contributed by atoms with Crippen LogP contribution in [0.5, 0.6) is 0 Å². The Morgan fingerprint density at radius 2 is 0.982 bits per heavy atom. The van der Waals surface area contributed by atoms with Gasteiger partial charge in [-0.1, -0.05) is 60.8 Å². The molecule has 276 valence electrons. The summed E-state index contributed by atoms with van der Waals surface area (Å²) in [6.45, 7) is 9.16. The highest BCUT2D eigenvalue weighted by molar-refractivity contribution is 6.21. The fourth-order valence-electron chi connectivity index (χ4n) is 7.50. The molecule has 0 aliphatic heterocycles. The van der Waals surface area contributed by atoms with Crippen molar-refractivity contribution in [2.45, 2.75) is 58.9 Å². The fraction of sp³-hybridized carbons (Fsp3) is 0.217. The van der Waals surface area contributed by atoms with Gasteiger partial charge in [0.15, 0.2) is 0 Å². The number of nitrogens with two attached hydrogens (primary N) is 2. The molecule has 2 heterocycles. The third-order valence-corrected chi connectivity index (χ3v) is 10.9. The first kappa shape index (κ1) is 36.0. The van der Waals surface area contributed by atoms with Gasteiger partial charge in [0.1, 0.15) is 27.6 Å². The van der Waals surface area contributed by atoms with E-state index in [-0.39, 0.29) is 5.50 Å². The van der Waals surface area contributed by atoms with E-state index in [1.807, 2.05) is 38.1 Å². The average molecular weight is 747 g/mol. The predicted molar refractivity (Wildman–Crippen MR) is 230 cm³/mol. The summed E-state index contributed by atoms with van der Waals surface area (Å²) < 4.78 is 4.50. The van der Waals surface area contributed by atoms with Crippen molar-refractivity contribution in [1.82, 2.24) is 9.97 Å². The second-order valence-corrected chi connectivity index (χ2v) is 15.2. The smallest absolute Gasteiger partial charge is 0.239 e. The number of benzene rings is 6. The Balaban J connectivity index is 0.952. The predicted octanol–water partition coefficient (Wildman–Crippen LogP) is 9.69. The molecule has 2 aromatic heterocycles. The number of alkyl halides is 1. The second-order valence-electron chi connectivity index (χ2n) is 14.7. The van der Waals surface area contributed by atoms with E-state index in [0.29, 0.717) is 0 Å². The summed E-state index contributed by atoms with van der Waals surface area (Å²) in [5, 5.41) is 7.31. The number of nitrogens with zero attached hydrogens (tertiary/aromatic N) is 4. The summed E-state index contributed by atoms with van der Waals surface area (Å²) in [4.78, 5) is 10.1. The van der Waals surface area contributed by atoms with E-state index < -0.39 is 0 Å². The van der Waals surface area contributed by atoms with Crippen molar-refractivity contribution in [3.63, 3.8) is 0 Å². The summed E-state index contributed by atoms with van der Waals surface area (Å²) in [7, 11) is 0. The van der Waals surface area contributed by atoms with E-state index >= 15 is 0 Å². The Hall–Kier alpha value is -5.99. The molecule has 0 fully saturated rings. The van der Waals surface area contributed by atoms with Crippen molar-refractivity contribution < 1.29 is 9.13 Å². The second kappa shape index (κ2) is 15.0. The van der Waals surface area contributed by atoms with Crippen molar-refractivity contribution in [2.75, 3.05) is 28.6 Å². The number of aryl methyl sites for hydroxylation is 4. The Kier molecular flexibility index (Phi) is 9.84. The van der Waals surface area contributed by atoms with Gasteiger partial charge in [0.25, 0.3) is 0 Å².